The van der Waals surface area contributed by atoms with Crippen molar-refractivity contribution in [2.75, 3.05) is 19.8 Å². The van der Waals surface area contributed by atoms with E-state index in [1.54, 1.807) is 12.3 Å². The Labute approximate surface area is 243 Å². The molecule has 0 aliphatic heterocycles. The van der Waals surface area contributed by atoms with Crippen molar-refractivity contribution in [2.24, 2.45) is 10.1 Å². The van der Waals surface area contributed by atoms with Crippen molar-refractivity contribution in [1.82, 2.24) is 5.43 Å². The predicted octanol–water partition coefficient (Wildman–Crippen LogP) is 6.48. The smallest absolute Gasteiger partial charge is 0.277 e. The number of benzene rings is 5. The lowest BCUT2D eigenvalue weighted by Crippen LogP contribution is -2.24. The van der Waals surface area contributed by atoms with Crippen LogP contribution in [0.4, 0.5) is 0 Å². The highest BCUT2D eigenvalue weighted by atomic mass is 16.5. The van der Waals surface area contributed by atoms with E-state index in [4.69, 9.17) is 9.47 Å². The van der Waals surface area contributed by atoms with E-state index in [1.807, 2.05) is 97.1 Å². The van der Waals surface area contributed by atoms with E-state index >= 15 is 0 Å². The highest BCUT2D eigenvalue weighted by molar-refractivity contribution is 6.10. The van der Waals surface area contributed by atoms with Gasteiger partial charge in [-0.2, -0.15) is 5.10 Å². The summed E-state index contributed by atoms with van der Waals surface area (Å²) in [6.45, 7) is 6.72. The molecule has 0 atom stereocenters. The number of ketones is 1. The Hall–Kier alpha value is -5.56. The molecule has 0 aliphatic carbocycles. The van der Waals surface area contributed by atoms with E-state index in [0.717, 1.165) is 43.8 Å². The van der Waals surface area contributed by atoms with Crippen LogP contribution in [0.2, 0.25) is 0 Å². The molecule has 1 amide bonds. The summed E-state index contributed by atoms with van der Waals surface area (Å²) in [6.07, 6.45) is 3.31. The topological polar surface area (TPSA) is 89.4 Å². The zero-order valence-electron chi connectivity index (χ0n) is 23.0. The maximum atomic E-state index is 12.7. The van der Waals surface area contributed by atoms with Gasteiger partial charge in [0.1, 0.15) is 24.7 Å². The first-order valence-electron chi connectivity index (χ1n) is 13.4. The molecule has 5 rings (SSSR count). The van der Waals surface area contributed by atoms with E-state index < -0.39 is 5.91 Å². The van der Waals surface area contributed by atoms with Crippen molar-refractivity contribution in [3.05, 3.63) is 115 Å². The summed E-state index contributed by atoms with van der Waals surface area (Å²) < 4.78 is 12.2. The van der Waals surface area contributed by atoms with Crippen LogP contribution in [0.1, 0.15) is 11.1 Å². The van der Waals surface area contributed by atoms with Crippen LogP contribution < -0.4 is 14.9 Å². The molecule has 0 saturated carbocycles. The first-order valence-corrected chi connectivity index (χ1v) is 13.4. The average molecular weight is 556 g/mol. The number of hydrogen-bond donors (Lipinski definition) is 1. The number of hydrazone groups is 1. The lowest BCUT2D eigenvalue weighted by molar-refractivity contribution is -0.123. The molecule has 7 heteroatoms. The summed E-state index contributed by atoms with van der Waals surface area (Å²) in [7, 11) is 0. The number of fused-ring (bicyclic) bond motifs is 2. The number of nitrogens with one attached hydrogen (secondary N) is 1. The molecule has 0 fully saturated rings. The van der Waals surface area contributed by atoms with Crippen molar-refractivity contribution in [2.45, 2.75) is 0 Å². The number of hydrogen-bond acceptors (Lipinski definition) is 6. The fourth-order valence-corrected chi connectivity index (χ4v) is 4.71. The van der Waals surface area contributed by atoms with E-state index in [1.165, 1.54) is 0 Å². The van der Waals surface area contributed by atoms with Gasteiger partial charge in [0.05, 0.1) is 6.21 Å². The summed E-state index contributed by atoms with van der Waals surface area (Å²) in [6, 6.07) is 31.0. The van der Waals surface area contributed by atoms with Gasteiger partial charge in [-0.25, -0.2) is 5.43 Å². The van der Waals surface area contributed by atoms with E-state index in [9.17, 15) is 9.59 Å². The molecular weight excluding hydrogens is 526 g/mol. The van der Waals surface area contributed by atoms with Crippen molar-refractivity contribution in [3.63, 3.8) is 0 Å². The van der Waals surface area contributed by atoms with Gasteiger partial charge in [0, 0.05) is 11.1 Å². The molecule has 0 aliphatic rings. The third-order valence-electron chi connectivity index (χ3n) is 6.62. The van der Waals surface area contributed by atoms with Crippen LogP contribution in [0.25, 0.3) is 38.7 Å². The molecule has 0 aromatic heterocycles. The van der Waals surface area contributed by atoms with Gasteiger partial charge in [0.25, 0.3) is 5.91 Å². The minimum Gasteiger partial charge on any atom is -0.485 e. The summed E-state index contributed by atoms with van der Waals surface area (Å²) in [5.41, 5.74) is 5.83. The van der Waals surface area contributed by atoms with Gasteiger partial charge < -0.3 is 9.47 Å². The van der Waals surface area contributed by atoms with Gasteiger partial charge in [-0.1, -0.05) is 91.5 Å². The second-order valence-corrected chi connectivity index (χ2v) is 9.48. The molecule has 208 valence electrons. The fourth-order valence-electron chi connectivity index (χ4n) is 4.71. The third-order valence-corrected chi connectivity index (χ3v) is 6.62. The number of carbonyl (C=O) groups is 2. The summed E-state index contributed by atoms with van der Waals surface area (Å²) in [5.74, 6) is 0.406. The van der Waals surface area contributed by atoms with E-state index in [2.05, 4.69) is 28.8 Å². The Bertz CT molecular complexity index is 1830. The SMILES string of the molecule is C=Cc1cccc(C=NNC(=O)COc2ccc3ccccc3c2-c2c(OCC(=O)CN=C)ccc3ccccc23)c1. The molecule has 0 bridgehead atoms. The van der Waals surface area contributed by atoms with Gasteiger partial charge in [-0.3, -0.25) is 14.6 Å². The van der Waals surface area contributed by atoms with Crippen molar-refractivity contribution >= 4 is 52.2 Å². The number of nitrogens with zero attached hydrogens (tertiary/aromatic N) is 2. The minimum absolute atomic E-state index is 0.0250. The molecular formula is C35H29N3O4. The second-order valence-electron chi connectivity index (χ2n) is 9.48. The number of rotatable bonds is 12. The summed E-state index contributed by atoms with van der Waals surface area (Å²) in [4.78, 5) is 28.6. The molecule has 42 heavy (non-hydrogen) atoms. The molecule has 5 aromatic rings. The zero-order chi connectivity index (χ0) is 29.3. The fraction of sp³-hybridized carbons (Fsp3) is 0.0857. The monoisotopic (exact) mass is 555 g/mol. The number of carbonyl (C=O) groups excluding carboxylic acids is 2. The van der Waals surface area contributed by atoms with E-state index in [-0.39, 0.29) is 25.5 Å². The first-order chi connectivity index (χ1) is 20.6. The Morgan fingerprint density at radius 3 is 1.95 bits per heavy atom. The van der Waals surface area contributed by atoms with Crippen LogP contribution in [0.3, 0.4) is 0 Å². The van der Waals surface area contributed by atoms with E-state index in [0.29, 0.717) is 11.5 Å². The maximum absolute atomic E-state index is 12.7. The van der Waals surface area contributed by atoms with Crippen molar-refractivity contribution in [1.29, 1.82) is 0 Å². The lowest BCUT2D eigenvalue weighted by atomic mass is 9.92. The Kier molecular flexibility index (Phi) is 8.79. The molecule has 0 spiro atoms. The second kappa shape index (κ2) is 13.2. The van der Waals surface area contributed by atoms with Crippen molar-refractivity contribution < 1.29 is 19.1 Å². The van der Waals surface area contributed by atoms with Gasteiger partial charge >= 0.3 is 0 Å². The zero-order valence-corrected chi connectivity index (χ0v) is 23.0. The number of aliphatic imine (C=N–C) groups is 1. The van der Waals surface area contributed by atoms with Crippen LogP contribution in [0.5, 0.6) is 11.5 Å². The predicted molar refractivity (Wildman–Crippen MR) is 170 cm³/mol. The van der Waals surface area contributed by atoms with Gasteiger partial charge in [-0.15, -0.1) is 0 Å². The highest BCUT2D eigenvalue weighted by Crippen LogP contribution is 2.45. The quantitative estimate of drug-likeness (QED) is 0.141. The maximum Gasteiger partial charge on any atom is 0.277 e. The normalized spacial score (nSPS) is 11.0. The first kappa shape index (κ1) is 28.0. The van der Waals surface area contributed by atoms with Crippen molar-refractivity contribution in [3.8, 4) is 22.6 Å². The van der Waals surface area contributed by atoms with Crippen LogP contribution in [0.15, 0.2) is 114 Å². The highest BCUT2D eigenvalue weighted by Gasteiger charge is 2.20. The third kappa shape index (κ3) is 6.42. The van der Waals surface area contributed by atoms with Crippen LogP contribution in [0, 0.1) is 0 Å². The molecule has 0 saturated heterocycles. The van der Waals surface area contributed by atoms with Crippen LogP contribution in [-0.2, 0) is 9.59 Å². The average Bonchev–Trinajstić information content (AvgIpc) is 3.02. The Morgan fingerprint density at radius 1 is 0.738 bits per heavy atom. The Balaban J connectivity index is 1.49. The van der Waals surface area contributed by atoms with Gasteiger partial charge in [0.15, 0.2) is 12.4 Å². The Morgan fingerprint density at radius 2 is 1.33 bits per heavy atom. The minimum atomic E-state index is -0.415. The molecule has 0 heterocycles. The molecule has 7 nitrogen and oxygen atoms in total. The molecule has 5 aromatic carbocycles. The molecule has 0 unspecified atom stereocenters. The number of Topliss-reactive ketones (excluding diaryl/α,β-unsaturated/α-hetero) is 1. The molecule has 0 radical (unpaired) electrons. The standard InChI is InChI=1S/C35H29N3O4/c1-3-24-9-8-10-25(19-24)20-37-38-33(40)23-42-32-18-16-27-12-5-7-14-30(27)35(32)34-29-13-6-4-11-26(29)15-17-31(34)41-22-28(39)21-36-2/h3-20H,1-2,21-23H2,(H,38,40). The largest absolute Gasteiger partial charge is 0.485 e. The number of ether oxygens (including phenoxy) is 2. The number of amides is 1. The van der Waals surface area contributed by atoms with Crippen LogP contribution in [-0.4, -0.2) is 44.4 Å². The summed E-state index contributed by atoms with van der Waals surface area (Å²) >= 11 is 0. The van der Waals surface area contributed by atoms with Gasteiger partial charge in [-0.05, 0) is 57.6 Å². The van der Waals surface area contributed by atoms with Gasteiger partial charge in [0.2, 0.25) is 0 Å². The van der Waals surface area contributed by atoms with Crippen LogP contribution >= 0.6 is 0 Å². The summed E-state index contributed by atoms with van der Waals surface area (Å²) in [5, 5.41) is 7.88. The molecule has 1 N–H and O–H groups in total. The lowest BCUT2D eigenvalue weighted by Gasteiger charge is -2.19.